The highest BCUT2D eigenvalue weighted by Gasteiger charge is 2.15. The summed E-state index contributed by atoms with van der Waals surface area (Å²) in [5.74, 6) is 0. The Bertz CT molecular complexity index is 1190. The molecule has 0 amide bonds. The Morgan fingerprint density at radius 2 is 0.917 bits per heavy atom. The molecule has 6 heteroatoms. The van der Waals surface area contributed by atoms with Crippen LogP contribution in [-0.2, 0) is 12.8 Å². The van der Waals surface area contributed by atoms with Gasteiger partial charge in [0.2, 0.25) is 0 Å². The molecule has 0 spiro atoms. The molecule has 0 N–H and O–H groups in total. The Balaban J connectivity index is 1.28. The van der Waals surface area contributed by atoms with Crippen molar-refractivity contribution < 1.29 is 0 Å². The van der Waals surface area contributed by atoms with Crippen LogP contribution in [0, 0.1) is 0 Å². The predicted octanol–water partition coefficient (Wildman–Crippen LogP) is 12.6. The van der Waals surface area contributed by atoms with Gasteiger partial charge in [0.1, 0.15) is 7.38 Å². The lowest BCUT2D eigenvalue weighted by atomic mass is 10.1. The molecule has 0 fully saturated rings. The Labute approximate surface area is 240 Å². The van der Waals surface area contributed by atoms with Gasteiger partial charge in [-0.3, -0.25) is 0 Å². The number of hydrogen-bond acceptors (Lipinski definition) is 4. The van der Waals surface area contributed by atoms with Crippen LogP contribution in [-0.4, -0.2) is 7.38 Å². The first kappa shape index (κ1) is 28.3. The van der Waals surface area contributed by atoms with Crippen molar-refractivity contribution in [2.45, 2.75) is 90.3 Å². The summed E-state index contributed by atoms with van der Waals surface area (Å²) in [6, 6.07) is 19.8. The van der Waals surface area contributed by atoms with Crippen LogP contribution in [0.25, 0.3) is 29.3 Å². The molecule has 4 rings (SSSR count). The highest BCUT2D eigenvalue weighted by Crippen LogP contribution is 2.43. The van der Waals surface area contributed by atoms with E-state index in [4.69, 9.17) is 11.1 Å². The van der Waals surface area contributed by atoms with E-state index in [0.717, 1.165) is 0 Å². The molecule has 0 saturated carbocycles. The van der Waals surface area contributed by atoms with Crippen molar-refractivity contribution in [3.05, 3.63) is 58.3 Å². The quantitative estimate of drug-likeness (QED) is 0.0733. The van der Waals surface area contributed by atoms with Gasteiger partial charge in [-0.15, -0.1) is 45.3 Å². The van der Waals surface area contributed by atoms with Gasteiger partial charge in [0.15, 0.2) is 0 Å². The molecule has 0 aromatic carbocycles. The zero-order chi connectivity index (χ0) is 25.4. The monoisotopic (exact) mass is 590 g/mol. The van der Waals surface area contributed by atoms with Crippen molar-refractivity contribution in [1.82, 2.24) is 0 Å². The molecule has 0 unspecified atom stereocenters. The third kappa shape index (κ3) is 8.67. The van der Waals surface area contributed by atoms with Gasteiger partial charge in [0.05, 0.1) is 0 Å². The molecule has 194 valence electrons. The van der Waals surface area contributed by atoms with Crippen molar-refractivity contribution in [3.8, 4) is 29.3 Å². The zero-order valence-corrected chi connectivity index (χ0v) is 26.9. The van der Waals surface area contributed by atoms with E-state index in [2.05, 4.69) is 68.5 Å². The maximum Gasteiger partial charge on any atom is 0.150 e. The van der Waals surface area contributed by atoms with E-state index in [0.29, 0.717) is 0 Å². The third-order valence-electron chi connectivity index (χ3n) is 6.49. The van der Waals surface area contributed by atoms with Crippen LogP contribution in [0.1, 0.15) is 68.0 Å². The summed E-state index contributed by atoms with van der Waals surface area (Å²) in [7, 11) is -1.38. The SMILES string of the molecule is CCCCCCc1ccc(-c2ccc(-c3ccc(-c4ccc(CCCCCC[Si](C)(C)Cl)s4)s3)s2)s1. The van der Waals surface area contributed by atoms with Gasteiger partial charge >= 0.3 is 0 Å². The molecular formula is C30H39ClS4Si. The number of rotatable bonds is 15. The number of thiophene rings is 4. The highest BCUT2D eigenvalue weighted by atomic mass is 35.6. The summed E-state index contributed by atoms with van der Waals surface area (Å²) in [5, 5.41) is 0. The second kappa shape index (κ2) is 13.9. The Morgan fingerprint density at radius 1 is 0.528 bits per heavy atom. The zero-order valence-electron chi connectivity index (χ0n) is 21.9. The van der Waals surface area contributed by atoms with Gasteiger partial charge in [-0.25, -0.2) is 0 Å². The van der Waals surface area contributed by atoms with Gasteiger partial charge in [-0.05, 0) is 80.3 Å². The number of aryl methyl sites for hydroxylation is 2. The molecule has 4 aromatic rings. The Morgan fingerprint density at radius 3 is 1.36 bits per heavy atom. The van der Waals surface area contributed by atoms with Gasteiger partial charge in [0.25, 0.3) is 0 Å². The van der Waals surface area contributed by atoms with Crippen molar-refractivity contribution in [2.75, 3.05) is 0 Å². The fourth-order valence-electron chi connectivity index (χ4n) is 4.42. The van der Waals surface area contributed by atoms with Crippen LogP contribution < -0.4 is 0 Å². The molecule has 0 saturated heterocycles. The van der Waals surface area contributed by atoms with E-state index in [1.165, 1.54) is 109 Å². The van der Waals surface area contributed by atoms with Crippen LogP contribution in [0.5, 0.6) is 0 Å². The van der Waals surface area contributed by atoms with Crippen molar-refractivity contribution in [2.24, 2.45) is 0 Å². The van der Waals surface area contributed by atoms with E-state index in [1.807, 2.05) is 45.3 Å². The summed E-state index contributed by atoms with van der Waals surface area (Å²) in [6.07, 6.45) is 13.0. The molecule has 0 radical (unpaired) electrons. The van der Waals surface area contributed by atoms with Gasteiger partial charge in [0, 0.05) is 39.0 Å². The average Bonchev–Trinajstić information content (AvgIpc) is 3.64. The van der Waals surface area contributed by atoms with Crippen LogP contribution in [0.15, 0.2) is 48.5 Å². The molecule has 4 heterocycles. The van der Waals surface area contributed by atoms with Crippen LogP contribution in [0.4, 0.5) is 0 Å². The minimum atomic E-state index is -1.38. The van der Waals surface area contributed by atoms with Crippen molar-refractivity contribution in [3.63, 3.8) is 0 Å². The molecule has 4 aromatic heterocycles. The summed E-state index contributed by atoms with van der Waals surface area (Å²) in [6.45, 7) is 6.79. The predicted molar refractivity (Wildman–Crippen MR) is 172 cm³/mol. The van der Waals surface area contributed by atoms with Crippen LogP contribution in [0.2, 0.25) is 19.1 Å². The molecule has 0 aliphatic rings. The van der Waals surface area contributed by atoms with Gasteiger partial charge in [-0.2, -0.15) is 11.1 Å². The first-order valence-corrected chi connectivity index (χ1v) is 21.0. The van der Waals surface area contributed by atoms with E-state index >= 15 is 0 Å². The van der Waals surface area contributed by atoms with Crippen molar-refractivity contribution in [1.29, 1.82) is 0 Å². The maximum absolute atomic E-state index is 6.44. The van der Waals surface area contributed by atoms with Gasteiger partial charge in [-0.1, -0.05) is 58.5 Å². The lowest BCUT2D eigenvalue weighted by Crippen LogP contribution is -2.14. The summed E-state index contributed by atoms with van der Waals surface area (Å²) < 4.78 is 0. The lowest BCUT2D eigenvalue weighted by molar-refractivity contribution is 0.667. The number of unbranched alkanes of at least 4 members (excludes halogenated alkanes) is 6. The maximum atomic E-state index is 6.44. The average molecular weight is 591 g/mol. The lowest BCUT2D eigenvalue weighted by Gasteiger charge is -2.11. The molecule has 0 aliphatic carbocycles. The molecule has 0 aliphatic heterocycles. The topological polar surface area (TPSA) is 0 Å². The van der Waals surface area contributed by atoms with Gasteiger partial charge < -0.3 is 0 Å². The number of halogens is 1. The first-order valence-electron chi connectivity index (χ1n) is 13.5. The molecule has 0 nitrogen and oxygen atoms in total. The highest BCUT2D eigenvalue weighted by molar-refractivity contribution is 7.28. The fourth-order valence-corrected chi connectivity index (χ4v) is 10.3. The van der Waals surface area contributed by atoms with E-state index in [9.17, 15) is 0 Å². The summed E-state index contributed by atoms with van der Waals surface area (Å²) in [4.78, 5) is 11.5. The van der Waals surface area contributed by atoms with Crippen molar-refractivity contribution >= 4 is 63.8 Å². The van der Waals surface area contributed by atoms with Crippen LogP contribution in [0.3, 0.4) is 0 Å². The fraction of sp³-hybridized carbons (Fsp3) is 0.467. The second-order valence-electron chi connectivity index (χ2n) is 10.3. The minimum Gasteiger partial charge on any atom is -0.168 e. The molecule has 0 atom stereocenters. The summed E-state index contributed by atoms with van der Waals surface area (Å²) in [5.41, 5.74) is 0. The number of hydrogen-bond donors (Lipinski definition) is 0. The minimum absolute atomic E-state index is 1.21. The Kier molecular flexibility index (Phi) is 10.9. The third-order valence-corrected chi connectivity index (χ3v) is 13.6. The molecule has 36 heavy (non-hydrogen) atoms. The van der Waals surface area contributed by atoms with E-state index in [1.54, 1.807) is 0 Å². The summed E-state index contributed by atoms with van der Waals surface area (Å²) >= 11 is 14.3. The van der Waals surface area contributed by atoms with E-state index < -0.39 is 7.38 Å². The van der Waals surface area contributed by atoms with Crippen LogP contribution >= 0.6 is 56.4 Å². The standard InChI is InChI=1S/C30H39ClS4Si/c1-4-5-6-9-12-23-14-16-25(32-23)27-18-20-29(34-27)30-21-19-28(35-30)26-17-15-24(33-26)13-10-7-8-11-22-36(2,3)31/h14-21H,4-13,22H2,1-3H3. The smallest absolute Gasteiger partial charge is 0.150 e. The second-order valence-corrected chi connectivity index (χ2v) is 21.8. The molecular weight excluding hydrogens is 552 g/mol. The first-order chi connectivity index (χ1) is 17.4. The normalized spacial score (nSPS) is 12.0. The largest absolute Gasteiger partial charge is 0.168 e. The molecule has 0 bridgehead atoms. The Hall–Kier alpha value is -0.693. The van der Waals surface area contributed by atoms with E-state index in [-0.39, 0.29) is 0 Å².